The lowest BCUT2D eigenvalue weighted by Gasteiger charge is -2.06. The molecule has 0 saturated heterocycles. The molecule has 2 heterocycles. The molecule has 0 atom stereocenters. The highest BCUT2D eigenvalue weighted by atomic mass is 16.5. The standard InChI is InChI=1S/C25H19N5O3/c1-15-23(25(32)26-19-10-8-17(9-11-19)16(2)31)27-29-30(15)20-12-13-22-21(14-20)24(33-28-22)18-6-4-3-5-7-18/h3-14H,1-2H3,(H,26,32). The fraction of sp³-hybridized carbons (Fsp3) is 0.0800. The second-order valence-electron chi connectivity index (χ2n) is 7.60. The number of fused-ring (bicyclic) bond motifs is 1. The number of Topliss-reactive ketones (excluding diaryl/α,β-unsaturated/α-hetero) is 1. The van der Waals surface area contributed by atoms with E-state index in [1.807, 2.05) is 48.5 Å². The maximum absolute atomic E-state index is 12.8. The zero-order valence-electron chi connectivity index (χ0n) is 17.9. The summed E-state index contributed by atoms with van der Waals surface area (Å²) in [6.45, 7) is 3.28. The molecule has 5 aromatic rings. The Balaban J connectivity index is 1.45. The summed E-state index contributed by atoms with van der Waals surface area (Å²) in [6.07, 6.45) is 0. The first-order valence-corrected chi connectivity index (χ1v) is 10.3. The van der Waals surface area contributed by atoms with Crippen LogP contribution in [0, 0.1) is 6.92 Å². The molecular formula is C25H19N5O3. The number of carbonyl (C=O) groups excluding carboxylic acids is 2. The van der Waals surface area contributed by atoms with E-state index in [2.05, 4.69) is 20.8 Å². The molecule has 5 rings (SSSR count). The van der Waals surface area contributed by atoms with Crippen LogP contribution in [0.15, 0.2) is 77.3 Å². The summed E-state index contributed by atoms with van der Waals surface area (Å²) >= 11 is 0. The van der Waals surface area contributed by atoms with Crippen molar-refractivity contribution in [2.75, 3.05) is 5.32 Å². The molecule has 0 saturated carbocycles. The van der Waals surface area contributed by atoms with Gasteiger partial charge in [0.1, 0.15) is 5.52 Å². The van der Waals surface area contributed by atoms with Crippen LogP contribution >= 0.6 is 0 Å². The molecule has 8 nitrogen and oxygen atoms in total. The van der Waals surface area contributed by atoms with E-state index in [4.69, 9.17) is 4.52 Å². The highest BCUT2D eigenvalue weighted by molar-refractivity contribution is 6.04. The first-order chi connectivity index (χ1) is 16.0. The zero-order valence-corrected chi connectivity index (χ0v) is 17.9. The topological polar surface area (TPSA) is 103 Å². The third-order valence-corrected chi connectivity index (χ3v) is 5.40. The van der Waals surface area contributed by atoms with E-state index in [1.165, 1.54) is 6.92 Å². The Morgan fingerprint density at radius 2 is 1.73 bits per heavy atom. The fourth-order valence-corrected chi connectivity index (χ4v) is 3.62. The Morgan fingerprint density at radius 1 is 0.970 bits per heavy atom. The van der Waals surface area contributed by atoms with Crippen molar-refractivity contribution in [3.05, 3.63) is 89.7 Å². The Kier molecular flexibility index (Phi) is 5.02. The van der Waals surface area contributed by atoms with Crippen molar-refractivity contribution in [1.29, 1.82) is 0 Å². The lowest BCUT2D eigenvalue weighted by Crippen LogP contribution is -2.14. The van der Waals surface area contributed by atoms with Gasteiger partial charge in [-0.3, -0.25) is 9.59 Å². The molecule has 0 radical (unpaired) electrons. The largest absolute Gasteiger partial charge is 0.355 e. The smallest absolute Gasteiger partial charge is 0.278 e. The minimum Gasteiger partial charge on any atom is -0.355 e. The van der Waals surface area contributed by atoms with Gasteiger partial charge in [0.2, 0.25) is 0 Å². The van der Waals surface area contributed by atoms with E-state index >= 15 is 0 Å². The number of rotatable bonds is 5. The lowest BCUT2D eigenvalue weighted by atomic mass is 10.1. The number of amides is 1. The maximum Gasteiger partial charge on any atom is 0.278 e. The van der Waals surface area contributed by atoms with Gasteiger partial charge >= 0.3 is 0 Å². The predicted octanol–water partition coefficient (Wildman–Crippen LogP) is 4.84. The minimum atomic E-state index is -0.384. The van der Waals surface area contributed by atoms with Crippen molar-refractivity contribution in [2.45, 2.75) is 13.8 Å². The SMILES string of the molecule is CC(=O)c1ccc(NC(=O)c2nnn(-c3ccc4noc(-c5ccccc5)c4c3)c2C)cc1. The number of carbonyl (C=O) groups is 2. The summed E-state index contributed by atoms with van der Waals surface area (Å²) in [7, 11) is 0. The summed E-state index contributed by atoms with van der Waals surface area (Å²) in [5.74, 6) is 0.245. The van der Waals surface area contributed by atoms with Crippen LogP contribution < -0.4 is 5.32 Å². The van der Waals surface area contributed by atoms with Crippen molar-refractivity contribution in [1.82, 2.24) is 20.2 Å². The molecule has 33 heavy (non-hydrogen) atoms. The van der Waals surface area contributed by atoms with Crippen LogP contribution in [0.1, 0.15) is 33.5 Å². The molecule has 0 unspecified atom stereocenters. The van der Waals surface area contributed by atoms with Gasteiger partial charge in [-0.05, 0) is 56.3 Å². The molecule has 162 valence electrons. The van der Waals surface area contributed by atoms with Gasteiger partial charge in [0.15, 0.2) is 17.2 Å². The zero-order chi connectivity index (χ0) is 22.9. The van der Waals surface area contributed by atoms with Gasteiger partial charge in [-0.1, -0.05) is 40.7 Å². The quantitative estimate of drug-likeness (QED) is 0.395. The van der Waals surface area contributed by atoms with E-state index < -0.39 is 0 Å². The van der Waals surface area contributed by atoms with Crippen LogP contribution in [0.25, 0.3) is 27.9 Å². The van der Waals surface area contributed by atoms with Crippen LogP contribution in [0.4, 0.5) is 5.69 Å². The Morgan fingerprint density at radius 3 is 2.45 bits per heavy atom. The molecule has 0 spiro atoms. The number of nitrogens with zero attached hydrogens (tertiary/aromatic N) is 4. The monoisotopic (exact) mass is 437 g/mol. The highest BCUT2D eigenvalue weighted by Gasteiger charge is 2.19. The number of hydrogen-bond acceptors (Lipinski definition) is 6. The van der Waals surface area contributed by atoms with Crippen molar-refractivity contribution < 1.29 is 14.1 Å². The summed E-state index contributed by atoms with van der Waals surface area (Å²) in [5.41, 5.74) is 4.32. The van der Waals surface area contributed by atoms with Crippen molar-refractivity contribution in [2.24, 2.45) is 0 Å². The Bertz CT molecular complexity index is 1480. The number of benzene rings is 3. The average Bonchev–Trinajstić information content (AvgIpc) is 3.43. The third-order valence-electron chi connectivity index (χ3n) is 5.40. The normalized spacial score (nSPS) is 11.0. The lowest BCUT2D eigenvalue weighted by molar-refractivity contribution is 0.101. The molecule has 0 bridgehead atoms. The maximum atomic E-state index is 12.8. The summed E-state index contributed by atoms with van der Waals surface area (Å²) in [5, 5.41) is 16.1. The van der Waals surface area contributed by atoms with Crippen LogP contribution in [-0.4, -0.2) is 31.8 Å². The molecule has 0 aliphatic carbocycles. The van der Waals surface area contributed by atoms with Crippen molar-refractivity contribution >= 4 is 28.3 Å². The van der Waals surface area contributed by atoms with Crippen LogP contribution in [0.2, 0.25) is 0 Å². The van der Waals surface area contributed by atoms with Crippen LogP contribution in [-0.2, 0) is 0 Å². The molecule has 3 aromatic carbocycles. The fourth-order valence-electron chi connectivity index (χ4n) is 3.62. The Hall–Kier alpha value is -4.59. The van der Waals surface area contributed by atoms with Crippen LogP contribution in [0.3, 0.4) is 0 Å². The van der Waals surface area contributed by atoms with E-state index in [9.17, 15) is 9.59 Å². The van der Waals surface area contributed by atoms with Crippen LogP contribution in [0.5, 0.6) is 0 Å². The van der Waals surface area contributed by atoms with E-state index in [-0.39, 0.29) is 17.4 Å². The number of hydrogen-bond donors (Lipinski definition) is 1. The van der Waals surface area contributed by atoms with E-state index in [0.29, 0.717) is 22.7 Å². The first kappa shape index (κ1) is 20.3. The van der Waals surface area contributed by atoms with E-state index in [0.717, 1.165) is 22.2 Å². The van der Waals surface area contributed by atoms with E-state index in [1.54, 1.807) is 35.9 Å². The first-order valence-electron chi connectivity index (χ1n) is 10.3. The van der Waals surface area contributed by atoms with Crippen molar-refractivity contribution in [3.8, 4) is 17.0 Å². The molecule has 8 heteroatoms. The van der Waals surface area contributed by atoms with Gasteiger partial charge in [-0.25, -0.2) is 4.68 Å². The molecule has 0 aliphatic heterocycles. The molecular weight excluding hydrogens is 418 g/mol. The second-order valence-corrected chi connectivity index (χ2v) is 7.60. The van der Waals surface area contributed by atoms with Gasteiger partial charge < -0.3 is 9.84 Å². The molecule has 0 aliphatic rings. The summed E-state index contributed by atoms with van der Waals surface area (Å²) in [6, 6.07) is 22.0. The van der Waals surface area contributed by atoms with Gasteiger partial charge in [0.05, 0.1) is 16.8 Å². The predicted molar refractivity (Wildman–Crippen MR) is 123 cm³/mol. The second kappa shape index (κ2) is 8.16. The number of ketones is 1. The van der Waals surface area contributed by atoms with Crippen molar-refractivity contribution in [3.63, 3.8) is 0 Å². The van der Waals surface area contributed by atoms with Gasteiger partial charge in [-0.2, -0.15) is 0 Å². The number of aromatic nitrogens is 4. The third kappa shape index (κ3) is 3.78. The minimum absolute atomic E-state index is 0.0353. The van der Waals surface area contributed by atoms with Gasteiger partial charge in [0, 0.05) is 16.8 Å². The molecule has 1 amide bonds. The molecule has 1 N–H and O–H groups in total. The highest BCUT2D eigenvalue weighted by Crippen LogP contribution is 2.30. The average molecular weight is 437 g/mol. The van der Waals surface area contributed by atoms with Gasteiger partial charge in [0.25, 0.3) is 5.91 Å². The number of nitrogens with one attached hydrogen (secondary N) is 1. The van der Waals surface area contributed by atoms with Gasteiger partial charge in [-0.15, -0.1) is 5.10 Å². The molecule has 0 fully saturated rings. The molecule has 2 aromatic heterocycles. The summed E-state index contributed by atoms with van der Waals surface area (Å²) in [4.78, 5) is 24.2. The Labute approximate surface area is 188 Å². The summed E-state index contributed by atoms with van der Waals surface area (Å²) < 4.78 is 7.18. The number of anilines is 1.